The Hall–Kier alpha value is -1.75. The van der Waals surface area contributed by atoms with E-state index in [1.54, 1.807) is 4.68 Å². The first-order chi connectivity index (χ1) is 9.77. The van der Waals surface area contributed by atoms with Crippen LogP contribution >= 0.6 is 0 Å². The Kier molecular flexibility index (Phi) is 4.42. The zero-order valence-electron chi connectivity index (χ0n) is 12.9. The summed E-state index contributed by atoms with van der Waals surface area (Å²) in [5, 5.41) is 7.63. The third-order valence-electron chi connectivity index (χ3n) is 3.25. The lowest BCUT2D eigenvalue weighted by atomic mass is 9.89. The Labute approximate surface area is 124 Å². The van der Waals surface area contributed by atoms with E-state index in [0.29, 0.717) is 12.1 Å². The van der Waals surface area contributed by atoms with Gasteiger partial charge in [-0.2, -0.15) is 5.10 Å². The van der Waals surface area contributed by atoms with E-state index >= 15 is 0 Å². The van der Waals surface area contributed by atoms with Gasteiger partial charge in [-0.15, -0.1) is 0 Å². The molecule has 5 heteroatoms. The van der Waals surface area contributed by atoms with Gasteiger partial charge in [0.2, 0.25) is 0 Å². The van der Waals surface area contributed by atoms with Crippen molar-refractivity contribution in [3.8, 4) is 0 Å². The van der Waals surface area contributed by atoms with Crippen LogP contribution < -0.4 is 5.32 Å². The van der Waals surface area contributed by atoms with Crippen molar-refractivity contribution in [2.45, 2.75) is 39.3 Å². The van der Waals surface area contributed by atoms with Crippen molar-refractivity contribution in [2.75, 3.05) is 0 Å². The number of aromatic nitrogens is 2. The summed E-state index contributed by atoms with van der Waals surface area (Å²) in [5.41, 5.74) is 2.36. The Morgan fingerprint density at radius 3 is 2.48 bits per heavy atom. The lowest BCUT2D eigenvalue weighted by Gasteiger charge is -2.17. The summed E-state index contributed by atoms with van der Waals surface area (Å²) < 4.78 is 28.4. The van der Waals surface area contributed by atoms with Crippen LogP contribution in [0.25, 0.3) is 0 Å². The van der Waals surface area contributed by atoms with Crippen LogP contribution in [0.2, 0.25) is 0 Å². The Balaban J connectivity index is 2.06. The summed E-state index contributed by atoms with van der Waals surface area (Å²) >= 11 is 0. The van der Waals surface area contributed by atoms with Crippen molar-refractivity contribution in [1.82, 2.24) is 15.1 Å². The number of benzene rings is 1. The fourth-order valence-corrected chi connectivity index (χ4v) is 2.31. The van der Waals surface area contributed by atoms with E-state index < -0.39 is 11.6 Å². The van der Waals surface area contributed by atoms with Gasteiger partial charge in [-0.05, 0) is 18.2 Å². The SMILES string of the molecule is Cn1cc(CNCc2cc(F)ccc2F)c(C(C)(C)C)n1. The van der Waals surface area contributed by atoms with Gasteiger partial charge in [0, 0.05) is 42.9 Å². The molecule has 0 amide bonds. The topological polar surface area (TPSA) is 29.9 Å². The van der Waals surface area contributed by atoms with Crippen molar-refractivity contribution in [2.24, 2.45) is 7.05 Å². The van der Waals surface area contributed by atoms with Crippen LogP contribution in [0.5, 0.6) is 0 Å². The fraction of sp³-hybridized carbons (Fsp3) is 0.438. The van der Waals surface area contributed by atoms with Crippen LogP contribution in [0.4, 0.5) is 8.78 Å². The largest absolute Gasteiger partial charge is 0.308 e. The minimum absolute atomic E-state index is 0.0532. The molecule has 2 rings (SSSR count). The van der Waals surface area contributed by atoms with Gasteiger partial charge in [-0.1, -0.05) is 20.8 Å². The quantitative estimate of drug-likeness (QED) is 0.937. The zero-order chi connectivity index (χ0) is 15.6. The first-order valence-electron chi connectivity index (χ1n) is 6.95. The number of nitrogens with zero attached hydrogens (tertiary/aromatic N) is 2. The van der Waals surface area contributed by atoms with Gasteiger partial charge < -0.3 is 5.32 Å². The van der Waals surface area contributed by atoms with Gasteiger partial charge in [-0.3, -0.25) is 4.68 Å². The summed E-state index contributed by atoms with van der Waals surface area (Å²) in [6.45, 7) is 7.15. The van der Waals surface area contributed by atoms with Gasteiger partial charge in [0.05, 0.1) is 5.69 Å². The van der Waals surface area contributed by atoms with Gasteiger partial charge >= 0.3 is 0 Å². The van der Waals surface area contributed by atoms with Crippen LogP contribution in [0, 0.1) is 11.6 Å². The third-order valence-corrected chi connectivity index (χ3v) is 3.25. The molecule has 3 nitrogen and oxygen atoms in total. The molecule has 2 aromatic rings. The molecule has 0 radical (unpaired) electrons. The molecule has 1 N–H and O–H groups in total. The van der Waals surface area contributed by atoms with E-state index in [4.69, 9.17) is 0 Å². The van der Waals surface area contributed by atoms with E-state index in [2.05, 4.69) is 31.2 Å². The summed E-state index contributed by atoms with van der Waals surface area (Å²) in [4.78, 5) is 0. The van der Waals surface area contributed by atoms with Crippen molar-refractivity contribution in [1.29, 1.82) is 0 Å². The van der Waals surface area contributed by atoms with Gasteiger partial charge in [0.1, 0.15) is 11.6 Å². The number of aryl methyl sites for hydroxylation is 1. The highest BCUT2D eigenvalue weighted by Crippen LogP contribution is 2.24. The molecule has 0 saturated carbocycles. The molecule has 0 spiro atoms. The molecule has 0 unspecified atom stereocenters. The Morgan fingerprint density at radius 2 is 1.81 bits per heavy atom. The van der Waals surface area contributed by atoms with E-state index in [1.807, 2.05) is 13.2 Å². The third kappa shape index (κ3) is 3.88. The molecule has 21 heavy (non-hydrogen) atoms. The number of hydrogen-bond donors (Lipinski definition) is 1. The molecule has 0 aliphatic heterocycles. The van der Waals surface area contributed by atoms with Gasteiger partial charge in [0.15, 0.2) is 0 Å². The number of rotatable bonds is 4. The molecule has 0 atom stereocenters. The second kappa shape index (κ2) is 5.93. The highest BCUT2D eigenvalue weighted by atomic mass is 19.1. The highest BCUT2D eigenvalue weighted by Gasteiger charge is 2.21. The van der Waals surface area contributed by atoms with Crippen molar-refractivity contribution in [3.05, 3.63) is 52.9 Å². The minimum atomic E-state index is -0.426. The Bertz CT molecular complexity index is 627. The molecule has 0 aliphatic carbocycles. The van der Waals surface area contributed by atoms with Gasteiger partial charge in [0.25, 0.3) is 0 Å². The average Bonchev–Trinajstić information content (AvgIpc) is 2.75. The maximum Gasteiger partial charge on any atom is 0.127 e. The normalized spacial score (nSPS) is 11.9. The number of nitrogens with one attached hydrogen (secondary N) is 1. The monoisotopic (exact) mass is 293 g/mol. The summed E-state index contributed by atoms with van der Waals surface area (Å²) in [6, 6.07) is 3.49. The average molecular weight is 293 g/mol. The first kappa shape index (κ1) is 15.6. The fourth-order valence-electron chi connectivity index (χ4n) is 2.31. The maximum atomic E-state index is 13.5. The van der Waals surface area contributed by atoms with Crippen molar-refractivity contribution in [3.63, 3.8) is 0 Å². The predicted octanol–water partition coefficient (Wildman–Crippen LogP) is 3.29. The lowest BCUT2D eigenvalue weighted by molar-refractivity contribution is 0.540. The summed E-state index contributed by atoms with van der Waals surface area (Å²) in [5.74, 6) is -0.823. The van der Waals surface area contributed by atoms with Crippen LogP contribution in [0.15, 0.2) is 24.4 Å². The molecule has 0 aliphatic rings. The van der Waals surface area contributed by atoms with E-state index in [0.717, 1.165) is 23.4 Å². The second-order valence-electron chi connectivity index (χ2n) is 6.27. The molecular formula is C16H21F2N3. The standard InChI is InChI=1S/C16H21F2N3/c1-16(2,3)15-12(10-21(4)20-15)9-19-8-11-7-13(17)5-6-14(11)18/h5-7,10,19H,8-9H2,1-4H3. The molecule has 1 aromatic carbocycles. The van der Waals surface area contributed by atoms with Gasteiger partial charge in [-0.25, -0.2) is 8.78 Å². The molecule has 0 saturated heterocycles. The first-order valence-corrected chi connectivity index (χ1v) is 6.95. The molecule has 1 heterocycles. The van der Waals surface area contributed by atoms with E-state index in [1.165, 1.54) is 6.07 Å². The van der Waals surface area contributed by atoms with E-state index in [9.17, 15) is 8.78 Å². The van der Waals surface area contributed by atoms with Crippen LogP contribution in [-0.2, 0) is 25.6 Å². The molecule has 114 valence electrons. The summed E-state index contributed by atoms with van der Waals surface area (Å²) in [7, 11) is 1.88. The van der Waals surface area contributed by atoms with Crippen molar-refractivity contribution >= 4 is 0 Å². The Morgan fingerprint density at radius 1 is 1.14 bits per heavy atom. The van der Waals surface area contributed by atoms with Crippen LogP contribution in [0.3, 0.4) is 0 Å². The molecule has 1 aromatic heterocycles. The molecular weight excluding hydrogens is 272 g/mol. The number of hydrogen-bond acceptors (Lipinski definition) is 2. The second-order valence-corrected chi connectivity index (χ2v) is 6.27. The highest BCUT2D eigenvalue weighted by molar-refractivity contribution is 5.24. The van der Waals surface area contributed by atoms with Crippen molar-refractivity contribution < 1.29 is 8.78 Å². The zero-order valence-corrected chi connectivity index (χ0v) is 12.9. The minimum Gasteiger partial charge on any atom is -0.308 e. The smallest absolute Gasteiger partial charge is 0.127 e. The molecule has 0 fully saturated rings. The van der Waals surface area contributed by atoms with Crippen LogP contribution in [0.1, 0.15) is 37.6 Å². The summed E-state index contributed by atoms with van der Waals surface area (Å²) in [6.07, 6.45) is 1.95. The maximum absolute atomic E-state index is 13.5. The number of halogens is 2. The van der Waals surface area contributed by atoms with E-state index in [-0.39, 0.29) is 12.0 Å². The lowest BCUT2D eigenvalue weighted by Crippen LogP contribution is -2.19. The predicted molar refractivity (Wildman–Crippen MR) is 78.8 cm³/mol. The van der Waals surface area contributed by atoms with Crippen LogP contribution in [-0.4, -0.2) is 9.78 Å². The molecule has 0 bridgehead atoms.